The fourth-order valence-corrected chi connectivity index (χ4v) is 9.00. The molecule has 0 aliphatic rings. The van der Waals surface area contributed by atoms with Gasteiger partial charge < -0.3 is 0 Å². The molecule has 0 aliphatic heterocycles. The average molecular weight is 817 g/mol. The number of hydrogen-bond donors (Lipinski definition) is 0. The van der Waals surface area contributed by atoms with Gasteiger partial charge in [0.15, 0.2) is 0 Å². The highest BCUT2D eigenvalue weighted by Gasteiger charge is 2.18. The number of benzene rings is 6. The summed E-state index contributed by atoms with van der Waals surface area (Å²) in [5.74, 6) is 0. The average Bonchev–Trinajstić information content (AvgIpc) is 3.38. The molecule has 0 saturated heterocycles. The van der Waals surface area contributed by atoms with Crippen molar-refractivity contribution in [2.24, 2.45) is 0 Å². The van der Waals surface area contributed by atoms with Crippen LogP contribution in [0.5, 0.6) is 0 Å². The van der Waals surface area contributed by atoms with Crippen LogP contribution >= 0.6 is 0 Å². The van der Waals surface area contributed by atoms with Gasteiger partial charge in [0.2, 0.25) is 0 Å². The maximum absolute atomic E-state index is 5.26. The van der Waals surface area contributed by atoms with Crippen LogP contribution < -0.4 is 0 Å². The quantitative estimate of drug-likeness (QED) is 0.149. The molecule has 0 saturated carbocycles. The number of nitrogens with zero attached hydrogens (tertiary/aromatic N) is 6. The van der Waals surface area contributed by atoms with Crippen molar-refractivity contribution in [3.8, 4) is 78.4 Å². The van der Waals surface area contributed by atoms with Gasteiger partial charge >= 0.3 is 0 Å². The van der Waals surface area contributed by atoms with E-state index in [1.54, 1.807) is 0 Å². The first-order valence-electron chi connectivity index (χ1n) is 21.3. The summed E-state index contributed by atoms with van der Waals surface area (Å²) in [6.45, 7) is 0. The smallest absolute Gasteiger partial charge is 0.0795 e. The fraction of sp³-hybridized carbons (Fsp3) is 0. The molecule has 6 aromatic carbocycles. The molecule has 0 amide bonds. The third kappa shape index (κ3) is 6.62. The monoisotopic (exact) mass is 816 g/mol. The lowest BCUT2D eigenvalue weighted by atomic mass is 9.87. The summed E-state index contributed by atoms with van der Waals surface area (Å²) >= 11 is 0. The number of pyridine rings is 6. The Labute approximate surface area is 369 Å². The Morgan fingerprint density at radius 1 is 0.266 bits per heavy atom. The molecule has 6 nitrogen and oxygen atoms in total. The van der Waals surface area contributed by atoms with Crippen LogP contribution in [-0.4, -0.2) is 29.9 Å². The van der Waals surface area contributed by atoms with Gasteiger partial charge in [-0.15, -0.1) is 0 Å². The molecule has 64 heavy (non-hydrogen) atoms. The summed E-state index contributed by atoms with van der Waals surface area (Å²) in [4.78, 5) is 29.5. The summed E-state index contributed by atoms with van der Waals surface area (Å²) in [6, 6.07) is 67.7. The Kier molecular flexibility index (Phi) is 9.05. The number of rotatable bonds is 7. The minimum absolute atomic E-state index is 0.882. The zero-order valence-corrected chi connectivity index (χ0v) is 34.5. The maximum Gasteiger partial charge on any atom is 0.0795 e. The van der Waals surface area contributed by atoms with Crippen LogP contribution in [0.3, 0.4) is 0 Å². The molecule has 0 radical (unpaired) electrons. The second-order valence-corrected chi connectivity index (χ2v) is 15.9. The van der Waals surface area contributed by atoms with Crippen molar-refractivity contribution in [2.45, 2.75) is 0 Å². The number of hydrogen-bond acceptors (Lipinski definition) is 6. The molecule has 12 aromatic rings. The fourth-order valence-electron chi connectivity index (χ4n) is 9.00. The van der Waals surface area contributed by atoms with E-state index in [-0.39, 0.29) is 0 Å². The Balaban J connectivity index is 1.04. The Hall–Kier alpha value is -8.74. The van der Waals surface area contributed by atoms with Crippen LogP contribution in [0.25, 0.3) is 122 Å². The Morgan fingerprint density at radius 2 is 0.719 bits per heavy atom. The molecule has 0 spiro atoms. The predicted octanol–water partition coefficient (Wildman–Crippen LogP) is 14.3. The molecule has 0 N–H and O–H groups in total. The number of fused-ring (bicyclic) bond motifs is 6. The van der Waals surface area contributed by atoms with E-state index in [9.17, 15) is 0 Å². The van der Waals surface area contributed by atoms with E-state index in [1.165, 1.54) is 0 Å². The zero-order valence-electron chi connectivity index (χ0n) is 34.5. The highest BCUT2D eigenvalue weighted by Crippen LogP contribution is 2.42. The highest BCUT2D eigenvalue weighted by molar-refractivity contribution is 6.06. The lowest BCUT2D eigenvalue weighted by Gasteiger charge is -2.17. The van der Waals surface area contributed by atoms with E-state index < -0.39 is 0 Å². The molecular formula is C58H36N6. The van der Waals surface area contributed by atoms with E-state index in [0.29, 0.717) is 0 Å². The second kappa shape index (κ2) is 15.6. The van der Waals surface area contributed by atoms with Crippen molar-refractivity contribution in [1.82, 2.24) is 29.9 Å². The third-order valence-corrected chi connectivity index (χ3v) is 12.1. The van der Waals surface area contributed by atoms with E-state index in [1.807, 2.05) is 55.1 Å². The van der Waals surface area contributed by atoms with Gasteiger partial charge in [-0.2, -0.15) is 0 Å². The van der Waals surface area contributed by atoms with Gasteiger partial charge in [0.05, 0.1) is 44.8 Å². The highest BCUT2D eigenvalue weighted by atomic mass is 14.7. The van der Waals surface area contributed by atoms with Gasteiger partial charge in [0, 0.05) is 68.6 Å². The molecule has 6 heteroatoms. The first kappa shape index (κ1) is 37.1. The van der Waals surface area contributed by atoms with Gasteiger partial charge in [-0.25, -0.2) is 9.97 Å². The molecule has 298 valence electrons. The molecule has 6 heterocycles. The van der Waals surface area contributed by atoms with Crippen molar-refractivity contribution < 1.29 is 0 Å². The largest absolute Gasteiger partial charge is 0.256 e. The standard InChI is InChI=1S/C58H36N6/c1-4-16-46(52-25-22-39(36-62-52)51-19-7-8-30-59-51)43(13-1)40-33-41(44-14-2-5-17-47(44)53-28-23-49-55(63-53)26-20-37-11-9-31-60-57(37)49)35-42(34-40)45-15-3-6-18-48(45)54-29-24-50-56(64-54)27-21-38-12-10-32-61-58(38)50/h1-36H. The minimum Gasteiger partial charge on any atom is -0.256 e. The van der Waals surface area contributed by atoms with Crippen molar-refractivity contribution in [3.05, 3.63) is 219 Å². The molecule has 0 aliphatic carbocycles. The molecule has 0 bridgehead atoms. The second-order valence-electron chi connectivity index (χ2n) is 15.9. The molecule has 0 atom stereocenters. The van der Waals surface area contributed by atoms with Gasteiger partial charge in [0.1, 0.15) is 0 Å². The molecule has 6 aromatic heterocycles. The summed E-state index contributed by atoms with van der Waals surface area (Å²) < 4.78 is 0. The van der Waals surface area contributed by atoms with Crippen LogP contribution in [0.1, 0.15) is 0 Å². The van der Waals surface area contributed by atoms with Crippen LogP contribution in [0, 0.1) is 0 Å². The van der Waals surface area contributed by atoms with Crippen molar-refractivity contribution >= 4 is 43.6 Å². The van der Waals surface area contributed by atoms with Crippen molar-refractivity contribution in [2.75, 3.05) is 0 Å². The van der Waals surface area contributed by atoms with Gasteiger partial charge in [-0.3, -0.25) is 19.9 Å². The van der Waals surface area contributed by atoms with Crippen LogP contribution in [0.4, 0.5) is 0 Å². The maximum atomic E-state index is 5.26. The first-order chi connectivity index (χ1) is 31.7. The zero-order chi connectivity index (χ0) is 42.4. The van der Waals surface area contributed by atoms with E-state index in [4.69, 9.17) is 24.9 Å². The lowest BCUT2D eigenvalue weighted by Crippen LogP contribution is -1.94. The van der Waals surface area contributed by atoms with E-state index >= 15 is 0 Å². The molecular weight excluding hydrogens is 781 g/mol. The Morgan fingerprint density at radius 3 is 1.19 bits per heavy atom. The summed E-state index contributed by atoms with van der Waals surface area (Å²) in [5.41, 5.74) is 17.8. The van der Waals surface area contributed by atoms with Crippen LogP contribution in [-0.2, 0) is 0 Å². The summed E-state index contributed by atoms with van der Waals surface area (Å²) in [6.07, 6.45) is 7.40. The Bertz CT molecular complexity index is 3550. The first-order valence-corrected chi connectivity index (χ1v) is 21.3. The molecule has 0 unspecified atom stereocenters. The van der Waals surface area contributed by atoms with Crippen molar-refractivity contribution in [3.63, 3.8) is 0 Å². The van der Waals surface area contributed by atoms with Gasteiger partial charge in [-0.1, -0.05) is 103 Å². The third-order valence-electron chi connectivity index (χ3n) is 12.1. The lowest BCUT2D eigenvalue weighted by molar-refractivity contribution is 1.28. The SMILES string of the molecule is c1ccc(-c2ccc(-c3ccccc3-c3cc(-c4ccccc4-c4ccc5c(ccc6cccnc65)n4)cc(-c4ccccc4-c4ccc5c(ccc6cccnc65)n4)c3)nc2)nc1. The summed E-state index contributed by atoms with van der Waals surface area (Å²) in [5, 5.41) is 4.26. The van der Waals surface area contributed by atoms with Crippen LogP contribution in [0.15, 0.2) is 219 Å². The topological polar surface area (TPSA) is 77.3 Å². The molecule has 0 fully saturated rings. The summed E-state index contributed by atoms with van der Waals surface area (Å²) in [7, 11) is 0. The van der Waals surface area contributed by atoms with Crippen LogP contribution in [0.2, 0.25) is 0 Å². The van der Waals surface area contributed by atoms with Crippen molar-refractivity contribution in [1.29, 1.82) is 0 Å². The minimum atomic E-state index is 0.882. The number of aromatic nitrogens is 6. The predicted molar refractivity (Wildman–Crippen MR) is 261 cm³/mol. The van der Waals surface area contributed by atoms with E-state index in [2.05, 4.69) is 169 Å². The normalized spacial score (nSPS) is 11.4. The van der Waals surface area contributed by atoms with E-state index in [0.717, 1.165) is 122 Å². The molecule has 12 rings (SSSR count). The van der Waals surface area contributed by atoms with Gasteiger partial charge in [0.25, 0.3) is 0 Å². The van der Waals surface area contributed by atoms with Gasteiger partial charge in [-0.05, 0) is 124 Å².